The number of nitrogens with one attached hydrogen (secondary N) is 1. The second-order valence-electron chi connectivity index (χ2n) is 3.17. The number of thiol groups is 1. The van der Waals surface area contributed by atoms with E-state index < -0.39 is 12.0 Å². The van der Waals surface area contributed by atoms with E-state index in [-0.39, 0.29) is 10.5 Å². The lowest BCUT2D eigenvalue weighted by molar-refractivity contribution is -0.140. The summed E-state index contributed by atoms with van der Waals surface area (Å²) in [4.78, 5) is 21.5. The van der Waals surface area contributed by atoms with Crippen LogP contribution in [0.25, 0.3) is 0 Å². The lowest BCUT2D eigenvalue weighted by Gasteiger charge is -2.15. The summed E-state index contributed by atoms with van der Waals surface area (Å²) in [5, 5.41) is 11.2. The average molecular weight is 251 g/mol. The highest BCUT2D eigenvalue weighted by Crippen LogP contribution is 2.20. The van der Waals surface area contributed by atoms with E-state index in [1.54, 1.807) is 0 Å². The van der Waals surface area contributed by atoms with Crippen molar-refractivity contribution in [2.75, 3.05) is 5.75 Å². The molecule has 0 rings (SSSR count). The number of hydrogen-bond acceptors (Lipinski definition) is 4. The lowest BCUT2D eigenvalue weighted by Crippen LogP contribution is -2.41. The summed E-state index contributed by atoms with van der Waals surface area (Å²) in [5.41, 5.74) is 0. The first-order chi connectivity index (χ1) is 6.97. The van der Waals surface area contributed by atoms with Gasteiger partial charge in [-0.3, -0.25) is 4.79 Å². The topological polar surface area (TPSA) is 66.4 Å². The summed E-state index contributed by atoms with van der Waals surface area (Å²) >= 11 is 5.75. The Bertz CT molecular complexity index is 223. The van der Waals surface area contributed by atoms with Gasteiger partial charge in [0.05, 0.1) is 0 Å². The van der Waals surface area contributed by atoms with E-state index in [0.29, 0.717) is 5.75 Å². The Labute approximate surface area is 99.6 Å². The Morgan fingerprint density at radius 3 is 2.53 bits per heavy atom. The van der Waals surface area contributed by atoms with Gasteiger partial charge in [0.25, 0.3) is 0 Å². The zero-order chi connectivity index (χ0) is 11.8. The molecule has 0 saturated heterocycles. The molecule has 6 heteroatoms. The minimum atomic E-state index is -1.00. The number of carboxylic acid groups (broad SMARTS) is 1. The van der Waals surface area contributed by atoms with Crippen molar-refractivity contribution in [3.8, 4) is 0 Å². The number of carbonyl (C=O) groups is 2. The molecular formula is C9H17NO3S2. The first-order valence-corrected chi connectivity index (χ1v) is 6.33. The van der Waals surface area contributed by atoms with Gasteiger partial charge in [0, 0.05) is 17.3 Å². The Morgan fingerprint density at radius 2 is 2.13 bits per heavy atom. The fourth-order valence-electron chi connectivity index (χ4n) is 0.958. The highest BCUT2D eigenvalue weighted by atomic mass is 32.2. The number of hydrogen-bond donors (Lipinski definition) is 3. The summed E-state index contributed by atoms with van der Waals surface area (Å²) in [6.07, 6.45) is 1.94. The summed E-state index contributed by atoms with van der Waals surface area (Å²) in [6, 6.07) is -0.820. The van der Waals surface area contributed by atoms with Crippen LogP contribution in [-0.2, 0) is 9.59 Å². The number of thioether (sulfide) groups is 1. The van der Waals surface area contributed by atoms with E-state index in [0.717, 1.165) is 12.8 Å². The van der Waals surface area contributed by atoms with E-state index in [2.05, 4.69) is 17.9 Å². The predicted octanol–water partition coefficient (Wildman–Crippen LogP) is 1.36. The van der Waals surface area contributed by atoms with Crippen LogP contribution in [-0.4, -0.2) is 33.4 Å². The molecule has 2 N–H and O–H groups in total. The third-order valence-corrected chi connectivity index (χ3v) is 3.52. The molecule has 0 spiro atoms. The van der Waals surface area contributed by atoms with Crippen LogP contribution in [0.4, 0.5) is 0 Å². The van der Waals surface area contributed by atoms with Gasteiger partial charge in [-0.15, -0.1) is 11.8 Å². The molecule has 0 aromatic carbocycles. The molecule has 0 radical (unpaired) electrons. The first-order valence-electron chi connectivity index (χ1n) is 4.77. The molecular weight excluding hydrogens is 234 g/mol. The third kappa shape index (κ3) is 7.56. The van der Waals surface area contributed by atoms with Gasteiger partial charge < -0.3 is 10.4 Å². The fraction of sp³-hybridized carbons (Fsp3) is 0.778. The predicted molar refractivity (Wildman–Crippen MR) is 65.4 cm³/mol. The molecule has 1 unspecified atom stereocenters. The SMILES string of the molecule is CCCC(S)SC[C@H](NC(C)=O)C(=O)O. The highest BCUT2D eigenvalue weighted by Gasteiger charge is 2.19. The summed E-state index contributed by atoms with van der Waals surface area (Å²) in [5.74, 6) is -0.979. The van der Waals surface area contributed by atoms with E-state index in [1.807, 2.05) is 6.92 Å². The van der Waals surface area contributed by atoms with Crippen LogP contribution in [0.15, 0.2) is 0 Å². The second-order valence-corrected chi connectivity index (χ2v) is 5.38. The normalized spacial score (nSPS) is 14.3. The smallest absolute Gasteiger partial charge is 0.327 e. The maximum absolute atomic E-state index is 10.8. The number of carboxylic acids is 1. The van der Waals surface area contributed by atoms with Gasteiger partial charge in [0.15, 0.2) is 0 Å². The van der Waals surface area contributed by atoms with Gasteiger partial charge in [0.2, 0.25) is 5.91 Å². The van der Waals surface area contributed by atoms with Crippen molar-refractivity contribution in [2.45, 2.75) is 37.3 Å². The van der Waals surface area contributed by atoms with Crippen molar-refractivity contribution < 1.29 is 14.7 Å². The number of amides is 1. The maximum atomic E-state index is 10.8. The van der Waals surface area contributed by atoms with Crippen LogP contribution >= 0.6 is 24.4 Å². The van der Waals surface area contributed by atoms with Crippen LogP contribution in [0.2, 0.25) is 0 Å². The van der Waals surface area contributed by atoms with Crippen molar-refractivity contribution >= 4 is 36.3 Å². The molecule has 88 valence electrons. The van der Waals surface area contributed by atoms with Gasteiger partial charge in [0.1, 0.15) is 6.04 Å². The summed E-state index contributed by atoms with van der Waals surface area (Å²) < 4.78 is 0.130. The van der Waals surface area contributed by atoms with Gasteiger partial charge in [-0.05, 0) is 6.42 Å². The van der Waals surface area contributed by atoms with Crippen LogP contribution in [0.1, 0.15) is 26.7 Å². The van der Waals surface area contributed by atoms with Crippen LogP contribution in [0.3, 0.4) is 0 Å². The maximum Gasteiger partial charge on any atom is 0.327 e. The lowest BCUT2D eigenvalue weighted by atomic mass is 10.3. The van der Waals surface area contributed by atoms with E-state index in [9.17, 15) is 9.59 Å². The molecule has 0 bridgehead atoms. The van der Waals surface area contributed by atoms with Gasteiger partial charge in [-0.1, -0.05) is 13.3 Å². The second kappa shape index (κ2) is 7.87. The Balaban J connectivity index is 3.96. The van der Waals surface area contributed by atoms with Crippen molar-refractivity contribution in [3.63, 3.8) is 0 Å². The summed E-state index contributed by atoms with van der Waals surface area (Å²) in [7, 11) is 0. The molecule has 0 saturated carbocycles. The molecule has 15 heavy (non-hydrogen) atoms. The van der Waals surface area contributed by atoms with E-state index >= 15 is 0 Å². The van der Waals surface area contributed by atoms with Crippen molar-refractivity contribution in [3.05, 3.63) is 0 Å². The summed E-state index contributed by atoms with van der Waals surface area (Å²) in [6.45, 7) is 3.36. The van der Waals surface area contributed by atoms with E-state index in [1.165, 1.54) is 18.7 Å². The molecule has 0 aliphatic carbocycles. The van der Waals surface area contributed by atoms with Gasteiger partial charge in [-0.25, -0.2) is 4.79 Å². The number of carbonyl (C=O) groups excluding carboxylic acids is 1. The Hall–Kier alpha value is -0.360. The van der Waals surface area contributed by atoms with Gasteiger partial charge >= 0.3 is 5.97 Å². The standard InChI is InChI=1S/C9H17NO3S2/c1-3-4-8(14)15-5-7(9(12)13)10-6(2)11/h7-8,14H,3-5H2,1-2H3,(H,10,11)(H,12,13)/t7-,8?/m0/s1. The zero-order valence-electron chi connectivity index (χ0n) is 8.90. The molecule has 0 aliphatic rings. The van der Waals surface area contributed by atoms with Crippen molar-refractivity contribution in [2.24, 2.45) is 0 Å². The molecule has 0 fully saturated rings. The van der Waals surface area contributed by atoms with Crippen molar-refractivity contribution in [1.82, 2.24) is 5.32 Å². The van der Waals surface area contributed by atoms with Crippen molar-refractivity contribution in [1.29, 1.82) is 0 Å². The third-order valence-electron chi connectivity index (χ3n) is 1.67. The fourth-order valence-corrected chi connectivity index (χ4v) is 2.52. The Morgan fingerprint density at radius 1 is 1.53 bits per heavy atom. The van der Waals surface area contributed by atoms with E-state index in [4.69, 9.17) is 5.11 Å². The molecule has 0 aromatic heterocycles. The van der Waals surface area contributed by atoms with Crippen LogP contribution < -0.4 is 5.32 Å². The van der Waals surface area contributed by atoms with Gasteiger partial charge in [-0.2, -0.15) is 12.6 Å². The molecule has 0 aromatic rings. The Kier molecular flexibility index (Phi) is 7.68. The highest BCUT2D eigenvalue weighted by molar-refractivity contribution is 8.10. The van der Waals surface area contributed by atoms with Crippen LogP contribution in [0, 0.1) is 0 Å². The van der Waals surface area contributed by atoms with Crippen LogP contribution in [0.5, 0.6) is 0 Å². The molecule has 1 amide bonds. The number of aliphatic carboxylic acids is 1. The number of rotatable bonds is 7. The average Bonchev–Trinajstić information content (AvgIpc) is 2.11. The largest absolute Gasteiger partial charge is 0.480 e. The minimum absolute atomic E-state index is 0.130. The first kappa shape index (κ1) is 14.6. The minimum Gasteiger partial charge on any atom is -0.480 e. The molecule has 0 heterocycles. The monoisotopic (exact) mass is 251 g/mol. The molecule has 4 nitrogen and oxygen atoms in total. The zero-order valence-corrected chi connectivity index (χ0v) is 10.6. The molecule has 2 atom stereocenters. The quantitative estimate of drug-likeness (QED) is 0.472. The molecule has 0 aliphatic heterocycles.